The lowest BCUT2D eigenvalue weighted by atomic mass is 9.95. The monoisotopic (exact) mass is 435 g/mol. The van der Waals surface area contributed by atoms with Gasteiger partial charge < -0.3 is 15.1 Å². The van der Waals surface area contributed by atoms with Gasteiger partial charge in [-0.15, -0.1) is 0 Å². The van der Waals surface area contributed by atoms with Gasteiger partial charge in [0.1, 0.15) is 13.1 Å². The van der Waals surface area contributed by atoms with Crippen molar-refractivity contribution in [1.29, 1.82) is 5.26 Å². The van der Waals surface area contributed by atoms with Crippen molar-refractivity contribution < 1.29 is 14.4 Å². The van der Waals surface area contributed by atoms with Crippen molar-refractivity contribution >= 4 is 41.0 Å². The number of hydrogen-bond acceptors (Lipinski definition) is 4. The summed E-state index contributed by atoms with van der Waals surface area (Å²) < 4.78 is 0. The second-order valence-corrected chi connectivity index (χ2v) is 7.57. The molecule has 1 atom stereocenters. The second-order valence-electron chi connectivity index (χ2n) is 6.72. The molecule has 0 fully saturated rings. The zero-order valence-corrected chi connectivity index (χ0v) is 17.4. The van der Waals surface area contributed by atoms with Crippen molar-refractivity contribution in [3.05, 3.63) is 45.1 Å². The molecule has 2 heterocycles. The Morgan fingerprint density at radius 2 is 2.10 bits per heavy atom. The number of likely N-dealkylation sites (N-methyl/N-ethyl adjacent to an activating group) is 2. The van der Waals surface area contributed by atoms with Crippen LogP contribution in [0.4, 0.5) is 4.79 Å². The highest BCUT2D eigenvalue weighted by atomic mass is 35.5. The van der Waals surface area contributed by atoms with Crippen molar-refractivity contribution in [1.82, 2.24) is 20.0 Å². The van der Waals surface area contributed by atoms with Crippen LogP contribution >= 0.6 is 23.2 Å². The summed E-state index contributed by atoms with van der Waals surface area (Å²) in [5.74, 6) is -0.712. The number of hydrogen-bond donors (Lipinski definition) is 1. The van der Waals surface area contributed by atoms with E-state index in [0.29, 0.717) is 33.4 Å². The zero-order chi connectivity index (χ0) is 21.3. The van der Waals surface area contributed by atoms with Gasteiger partial charge in [0.15, 0.2) is 0 Å². The minimum Gasteiger partial charge on any atom is -0.331 e. The summed E-state index contributed by atoms with van der Waals surface area (Å²) in [6.45, 7) is 2.05. The van der Waals surface area contributed by atoms with Gasteiger partial charge in [0.05, 0.1) is 29.9 Å². The van der Waals surface area contributed by atoms with E-state index in [2.05, 4.69) is 5.32 Å². The van der Waals surface area contributed by atoms with E-state index in [-0.39, 0.29) is 37.5 Å². The molecule has 4 amide bonds. The van der Waals surface area contributed by atoms with Crippen LogP contribution in [0.2, 0.25) is 10.0 Å². The summed E-state index contributed by atoms with van der Waals surface area (Å²) in [6.07, 6.45) is 0. The molecule has 1 aromatic rings. The first kappa shape index (κ1) is 21.0. The SMILES string of the molecule is CCN1C(=O)NC(c2ccc(Cl)cc2Cl)C2=C1CN(CC(=O)N(C)CC#N)C2=O. The third kappa shape index (κ3) is 3.88. The van der Waals surface area contributed by atoms with Crippen molar-refractivity contribution in [3.63, 3.8) is 0 Å². The number of nitriles is 1. The minimum atomic E-state index is -0.741. The second kappa shape index (κ2) is 8.31. The maximum Gasteiger partial charge on any atom is 0.322 e. The Bertz CT molecular complexity index is 956. The van der Waals surface area contributed by atoms with Gasteiger partial charge >= 0.3 is 6.03 Å². The Morgan fingerprint density at radius 1 is 1.38 bits per heavy atom. The molecule has 0 aliphatic carbocycles. The first-order valence-electron chi connectivity index (χ1n) is 8.94. The van der Waals surface area contributed by atoms with Crippen LogP contribution in [0.3, 0.4) is 0 Å². The Morgan fingerprint density at radius 3 is 2.72 bits per heavy atom. The van der Waals surface area contributed by atoms with Crippen LogP contribution in [0, 0.1) is 11.3 Å². The molecule has 29 heavy (non-hydrogen) atoms. The number of rotatable bonds is 5. The average Bonchev–Trinajstić information content (AvgIpc) is 2.97. The fourth-order valence-electron chi connectivity index (χ4n) is 3.46. The lowest BCUT2D eigenvalue weighted by Gasteiger charge is -2.33. The molecule has 1 aromatic carbocycles. The molecular formula is C19H19Cl2N5O3. The van der Waals surface area contributed by atoms with Gasteiger partial charge in [-0.2, -0.15) is 5.26 Å². The van der Waals surface area contributed by atoms with E-state index in [1.807, 2.05) is 6.07 Å². The fourth-order valence-corrected chi connectivity index (χ4v) is 3.98. The first-order chi connectivity index (χ1) is 13.8. The number of nitrogens with one attached hydrogen (secondary N) is 1. The van der Waals surface area contributed by atoms with Crippen molar-refractivity contribution in [2.24, 2.45) is 0 Å². The van der Waals surface area contributed by atoms with Gasteiger partial charge in [-0.3, -0.25) is 14.5 Å². The fraction of sp³-hybridized carbons (Fsp3) is 0.368. The number of carbonyl (C=O) groups is 3. The molecule has 0 spiro atoms. The Labute approximate surface area is 178 Å². The molecule has 0 saturated heterocycles. The van der Waals surface area contributed by atoms with Crippen LogP contribution in [0.25, 0.3) is 0 Å². The van der Waals surface area contributed by atoms with Crippen LogP contribution in [0.15, 0.2) is 29.5 Å². The Hall–Kier alpha value is -2.76. The summed E-state index contributed by atoms with van der Waals surface area (Å²) in [5, 5.41) is 12.4. The largest absolute Gasteiger partial charge is 0.331 e. The lowest BCUT2D eigenvalue weighted by Crippen LogP contribution is -2.47. The maximum absolute atomic E-state index is 13.2. The van der Waals surface area contributed by atoms with Gasteiger partial charge in [-0.25, -0.2) is 4.79 Å². The number of halogens is 2. The van der Waals surface area contributed by atoms with Crippen LogP contribution in [0.5, 0.6) is 0 Å². The van der Waals surface area contributed by atoms with Gasteiger partial charge in [0.25, 0.3) is 5.91 Å². The van der Waals surface area contributed by atoms with E-state index in [4.69, 9.17) is 28.5 Å². The van der Waals surface area contributed by atoms with E-state index in [1.165, 1.54) is 21.7 Å². The highest BCUT2D eigenvalue weighted by Gasteiger charge is 2.44. The first-order valence-corrected chi connectivity index (χ1v) is 9.70. The summed E-state index contributed by atoms with van der Waals surface area (Å²) in [5.41, 5.74) is 1.48. The number of carbonyl (C=O) groups excluding carboxylic acids is 3. The summed E-state index contributed by atoms with van der Waals surface area (Å²) in [7, 11) is 1.50. The van der Waals surface area contributed by atoms with Crippen LogP contribution in [-0.4, -0.2) is 65.8 Å². The quantitative estimate of drug-likeness (QED) is 0.716. The molecular weight excluding hydrogens is 417 g/mol. The third-order valence-corrected chi connectivity index (χ3v) is 5.51. The van der Waals surface area contributed by atoms with Crippen LogP contribution < -0.4 is 5.32 Å². The molecule has 1 unspecified atom stereocenters. The summed E-state index contributed by atoms with van der Waals surface area (Å²) >= 11 is 12.3. The van der Waals surface area contributed by atoms with E-state index in [9.17, 15) is 14.4 Å². The van der Waals surface area contributed by atoms with E-state index in [0.717, 1.165) is 0 Å². The Kier molecular flexibility index (Phi) is 6.01. The van der Waals surface area contributed by atoms with E-state index < -0.39 is 6.04 Å². The molecule has 2 aliphatic heterocycles. The molecule has 0 radical (unpaired) electrons. The van der Waals surface area contributed by atoms with Crippen molar-refractivity contribution in [2.45, 2.75) is 13.0 Å². The number of urea groups is 1. The predicted molar refractivity (Wildman–Crippen MR) is 107 cm³/mol. The molecule has 152 valence electrons. The van der Waals surface area contributed by atoms with Crippen molar-refractivity contribution in [2.75, 3.05) is 33.2 Å². The third-order valence-electron chi connectivity index (χ3n) is 4.95. The number of amides is 4. The molecule has 3 rings (SSSR count). The molecule has 0 aromatic heterocycles. The van der Waals surface area contributed by atoms with Gasteiger partial charge in [-0.1, -0.05) is 29.3 Å². The van der Waals surface area contributed by atoms with Crippen molar-refractivity contribution in [3.8, 4) is 6.07 Å². The standard InChI is InChI=1S/C19H19Cl2N5O3/c1-3-26-14-9-25(10-15(27)24(2)7-6-22)18(28)16(14)17(23-19(26)29)12-5-4-11(20)8-13(12)21/h4-5,8,17H,3,7,9-10H2,1-2H3,(H,23,29). The summed E-state index contributed by atoms with van der Waals surface area (Å²) in [6, 6.07) is 5.67. The molecule has 2 aliphatic rings. The Balaban J connectivity index is 1.95. The highest BCUT2D eigenvalue weighted by molar-refractivity contribution is 6.35. The molecule has 10 heteroatoms. The topological polar surface area (TPSA) is 96.8 Å². The normalized spacial score (nSPS) is 18.5. The molecule has 0 saturated carbocycles. The zero-order valence-electron chi connectivity index (χ0n) is 15.9. The van der Waals surface area contributed by atoms with Gasteiger partial charge in [0.2, 0.25) is 5.91 Å². The van der Waals surface area contributed by atoms with Gasteiger partial charge in [-0.05, 0) is 24.6 Å². The minimum absolute atomic E-state index is 0.0713. The van der Waals surface area contributed by atoms with Crippen LogP contribution in [-0.2, 0) is 9.59 Å². The average molecular weight is 436 g/mol. The predicted octanol–water partition coefficient (Wildman–Crippen LogP) is 2.16. The number of benzene rings is 1. The van der Waals surface area contributed by atoms with Gasteiger partial charge in [0, 0.05) is 23.6 Å². The van der Waals surface area contributed by atoms with E-state index in [1.54, 1.807) is 25.1 Å². The molecule has 0 bridgehead atoms. The number of nitrogens with zero attached hydrogens (tertiary/aromatic N) is 4. The highest BCUT2D eigenvalue weighted by Crippen LogP contribution is 2.39. The summed E-state index contributed by atoms with van der Waals surface area (Å²) in [4.78, 5) is 42.2. The lowest BCUT2D eigenvalue weighted by molar-refractivity contribution is -0.136. The van der Waals surface area contributed by atoms with Crippen LogP contribution in [0.1, 0.15) is 18.5 Å². The van der Waals surface area contributed by atoms with E-state index >= 15 is 0 Å². The maximum atomic E-state index is 13.2. The molecule has 8 nitrogen and oxygen atoms in total. The smallest absolute Gasteiger partial charge is 0.322 e. The molecule has 1 N–H and O–H groups in total.